The lowest BCUT2D eigenvalue weighted by molar-refractivity contribution is 1.33. The van der Waals surface area contributed by atoms with Gasteiger partial charge in [-0.2, -0.15) is 0 Å². The second-order valence-corrected chi connectivity index (χ2v) is 5.54. The van der Waals surface area contributed by atoms with Gasteiger partial charge in [-0.1, -0.05) is 36.4 Å². The van der Waals surface area contributed by atoms with Crippen LogP contribution in [0.25, 0.3) is 17.3 Å². The van der Waals surface area contributed by atoms with Crippen LogP contribution in [0.5, 0.6) is 0 Å². The van der Waals surface area contributed by atoms with Gasteiger partial charge in [-0.25, -0.2) is 4.99 Å². The molecule has 3 N–H and O–H groups in total. The highest BCUT2D eigenvalue weighted by Gasteiger charge is 2.15. The molecule has 0 saturated carbocycles. The molecule has 0 aliphatic carbocycles. The summed E-state index contributed by atoms with van der Waals surface area (Å²) in [5, 5.41) is 3.36. The molecule has 1 aromatic heterocycles. The number of anilines is 2. The van der Waals surface area contributed by atoms with Gasteiger partial charge >= 0.3 is 0 Å². The zero-order valence-electron chi connectivity index (χ0n) is 13.0. The van der Waals surface area contributed by atoms with Gasteiger partial charge in [0.15, 0.2) is 0 Å². The van der Waals surface area contributed by atoms with E-state index in [0.29, 0.717) is 0 Å². The van der Waals surface area contributed by atoms with Crippen LogP contribution in [0, 0.1) is 0 Å². The topological polar surface area (TPSA) is 63.3 Å². The number of nitrogens with one attached hydrogen (secondary N) is 1. The number of para-hydroxylation sites is 1. The summed E-state index contributed by atoms with van der Waals surface area (Å²) in [6, 6.07) is 19.7. The van der Waals surface area contributed by atoms with Crippen molar-refractivity contribution < 1.29 is 0 Å². The minimum Gasteiger partial charge on any atom is -0.399 e. The molecule has 0 spiro atoms. The molecule has 0 atom stereocenters. The van der Waals surface area contributed by atoms with Gasteiger partial charge in [-0.05, 0) is 42.0 Å². The number of nitrogen functional groups attached to an aromatic ring is 1. The molecule has 2 aromatic carbocycles. The van der Waals surface area contributed by atoms with E-state index in [1.165, 1.54) is 0 Å². The zero-order chi connectivity index (χ0) is 16.4. The van der Waals surface area contributed by atoms with E-state index < -0.39 is 0 Å². The lowest BCUT2D eigenvalue weighted by Gasteiger charge is -2.07. The van der Waals surface area contributed by atoms with E-state index in [4.69, 9.17) is 10.7 Å². The van der Waals surface area contributed by atoms with Gasteiger partial charge in [0.2, 0.25) is 0 Å². The van der Waals surface area contributed by atoms with Crippen molar-refractivity contribution in [2.45, 2.75) is 0 Å². The van der Waals surface area contributed by atoms with Crippen LogP contribution < -0.4 is 11.1 Å². The summed E-state index contributed by atoms with van der Waals surface area (Å²) in [4.78, 5) is 9.25. The third-order valence-electron chi connectivity index (χ3n) is 3.81. The number of aliphatic imine (C=N–C) groups is 1. The Bertz CT molecular complexity index is 957. The molecule has 0 bridgehead atoms. The molecule has 0 fully saturated rings. The highest BCUT2D eigenvalue weighted by Crippen LogP contribution is 2.35. The molecular formula is C20H16N4. The molecule has 0 amide bonds. The number of rotatable bonds is 2. The predicted molar refractivity (Wildman–Crippen MR) is 100 cm³/mol. The largest absolute Gasteiger partial charge is 0.399 e. The number of pyridine rings is 1. The molecule has 0 radical (unpaired) electrons. The second kappa shape index (κ2) is 6.01. The summed E-state index contributed by atoms with van der Waals surface area (Å²) < 4.78 is 0. The lowest BCUT2D eigenvalue weighted by Crippen LogP contribution is -2.08. The van der Waals surface area contributed by atoms with Crippen molar-refractivity contribution in [3.63, 3.8) is 0 Å². The van der Waals surface area contributed by atoms with Crippen molar-refractivity contribution in [1.29, 1.82) is 0 Å². The van der Waals surface area contributed by atoms with Crippen LogP contribution >= 0.6 is 0 Å². The maximum absolute atomic E-state index is 5.83. The van der Waals surface area contributed by atoms with E-state index in [0.717, 1.165) is 39.7 Å². The van der Waals surface area contributed by atoms with Crippen molar-refractivity contribution >= 4 is 29.0 Å². The number of fused-ring (bicyclic) bond motifs is 3. The van der Waals surface area contributed by atoms with Gasteiger partial charge in [0.25, 0.3) is 0 Å². The van der Waals surface area contributed by atoms with Gasteiger partial charge in [0, 0.05) is 17.4 Å². The molecule has 0 saturated heterocycles. The zero-order valence-corrected chi connectivity index (χ0v) is 13.0. The van der Waals surface area contributed by atoms with Crippen molar-refractivity contribution in [2.75, 3.05) is 11.1 Å². The van der Waals surface area contributed by atoms with Crippen LogP contribution in [0.15, 0.2) is 77.9 Å². The van der Waals surface area contributed by atoms with Crippen LogP contribution in [-0.2, 0) is 0 Å². The Labute approximate surface area is 140 Å². The van der Waals surface area contributed by atoms with E-state index in [-0.39, 0.29) is 0 Å². The minimum absolute atomic E-state index is 0.743. The van der Waals surface area contributed by atoms with E-state index in [2.05, 4.69) is 10.3 Å². The number of nitrogens with zero attached hydrogens (tertiary/aromatic N) is 2. The number of nitrogens with two attached hydrogens (primary N) is 1. The highest BCUT2D eigenvalue weighted by molar-refractivity contribution is 6.11. The fourth-order valence-electron chi connectivity index (χ4n) is 2.70. The van der Waals surface area contributed by atoms with Gasteiger partial charge in [-0.15, -0.1) is 0 Å². The Kier molecular flexibility index (Phi) is 3.56. The number of hydrogen-bond donors (Lipinski definition) is 2. The SMILES string of the molecule is Nc1cccc(/C=C/C2=Nc3ccccc3-c3ncccc3N2)c1. The summed E-state index contributed by atoms with van der Waals surface area (Å²) >= 11 is 0. The monoisotopic (exact) mass is 312 g/mol. The number of amidine groups is 1. The molecular weight excluding hydrogens is 296 g/mol. The molecule has 3 aromatic rings. The maximum atomic E-state index is 5.83. The lowest BCUT2D eigenvalue weighted by atomic mass is 10.1. The summed E-state index contributed by atoms with van der Waals surface area (Å²) in [5.41, 5.74) is 11.4. The Morgan fingerprint density at radius 3 is 2.75 bits per heavy atom. The van der Waals surface area contributed by atoms with Crippen molar-refractivity contribution in [2.24, 2.45) is 4.99 Å². The average molecular weight is 312 g/mol. The first-order valence-electron chi connectivity index (χ1n) is 7.73. The van der Waals surface area contributed by atoms with Crippen LogP contribution in [0.3, 0.4) is 0 Å². The van der Waals surface area contributed by atoms with Gasteiger partial charge < -0.3 is 11.1 Å². The quantitative estimate of drug-likeness (QED) is 0.685. The fraction of sp³-hybridized carbons (Fsp3) is 0. The Hall–Kier alpha value is -3.40. The third-order valence-corrected chi connectivity index (χ3v) is 3.81. The average Bonchev–Trinajstić information content (AvgIpc) is 2.76. The standard InChI is InChI=1S/C20H16N4/c21-15-6-3-5-14(13-15)10-11-19-23-17-8-2-1-7-16(17)20-18(24-19)9-4-12-22-20/h1-13H,21H2,(H,23,24)/b11-10+. The first-order valence-corrected chi connectivity index (χ1v) is 7.73. The minimum atomic E-state index is 0.743. The van der Waals surface area contributed by atoms with E-state index in [9.17, 15) is 0 Å². The van der Waals surface area contributed by atoms with E-state index in [1.54, 1.807) is 6.20 Å². The Morgan fingerprint density at radius 1 is 0.917 bits per heavy atom. The predicted octanol–water partition coefficient (Wildman–Crippen LogP) is 4.50. The van der Waals surface area contributed by atoms with E-state index in [1.807, 2.05) is 72.8 Å². The molecule has 1 aliphatic rings. The first-order chi connectivity index (χ1) is 11.8. The number of hydrogen-bond acceptors (Lipinski definition) is 4. The molecule has 4 nitrogen and oxygen atoms in total. The van der Waals surface area contributed by atoms with Crippen molar-refractivity contribution in [3.8, 4) is 11.3 Å². The summed E-state index contributed by atoms with van der Waals surface area (Å²) in [7, 11) is 0. The Balaban J connectivity index is 1.77. The van der Waals surface area contributed by atoms with Gasteiger partial charge in [-0.3, -0.25) is 4.98 Å². The molecule has 4 heteroatoms. The fourth-order valence-corrected chi connectivity index (χ4v) is 2.70. The van der Waals surface area contributed by atoms with Gasteiger partial charge in [0.1, 0.15) is 5.84 Å². The third kappa shape index (κ3) is 2.77. The molecule has 1 aliphatic heterocycles. The van der Waals surface area contributed by atoms with Crippen molar-refractivity contribution in [1.82, 2.24) is 4.98 Å². The normalized spacial score (nSPS) is 12.8. The van der Waals surface area contributed by atoms with Crippen molar-refractivity contribution in [3.05, 3.63) is 78.5 Å². The summed E-state index contributed by atoms with van der Waals surface area (Å²) in [5.74, 6) is 0.761. The molecule has 24 heavy (non-hydrogen) atoms. The van der Waals surface area contributed by atoms with Crippen LogP contribution in [-0.4, -0.2) is 10.8 Å². The molecule has 4 rings (SSSR count). The van der Waals surface area contributed by atoms with Gasteiger partial charge in [0.05, 0.1) is 17.1 Å². The first kappa shape index (κ1) is 14.2. The van der Waals surface area contributed by atoms with Crippen LogP contribution in [0.1, 0.15) is 5.56 Å². The summed E-state index contributed by atoms with van der Waals surface area (Å²) in [6.45, 7) is 0. The Morgan fingerprint density at radius 2 is 1.83 bits per heavy atom. The van der Waals surface area contributed by atoms with E-state index >= 15 is 0 Å². The highest BCUT2D eigenvalue weighted by atomic mass is 15.0. The second-order valence-electron chi connectivity index (χ2n) is 5.54. The molecule has 0 unspecified atom stereocenters. The van der Waals surface area contributed by atoms with Crippen LogP contribution in [0.2, 0.25) is 0 Å². The molecule has 2 heterocycles. The molecule has 116 valence electrons. The van der Waals surface area contributed by atoms with Crippen LogP contribution in [0.4, 0.5) is 17.1 Å². The summed E-state index contributed by atoms with van der Waals surface area (Å²) in [6.07, 6.45) is 5.74. The number of benzene rings is 2. The maximum Gasteiger partial charge on any atom is 0.131 e. The smallest absolute Gasteiger partial charge is 0.131 e. The number of aromatic nitrogens is 1.